The molecule has 5 heterocycles. The summed E-state index contributed by atoms with van der Waals surface area (Å²) in [7, 11) is 6.07. The van der Waals surface area contributed by atoms with Gasteiger partial charge in [0.15, 0.2) is 6.79 Å². The standard InChI is InChI=1S/C23H46N2O4.C19H39NO4.C19H32O.C11H23NO2.C9H19N/c1-20(2)11-18(12-21(3,4)24(20)9)28-16-26-15-27-17-29-19-13-22(5,6)25(10)23(7,8)14-19;1-18(2)14-17(15-19(3,4)20-18)23-16-22-12-10-8-6-5-7-9-11-13-24-21;1-8-9-10-11-14-12-15(18(2,3)4)17(20)16(13-14)19(5,6)7;1-10(2)6-9(14-8-13-5)7-11(3,4)12-10;1-8(2)6-5-7-9(3,4)10-8/h18-19H,11-17H2,1-10H3;17,20-21H,5-16H2,1-4H3;12-13,20H,8-11H2,1-7H3;9,12H,6-8H2,1-5H3;10H,5-7H2,1-4H3. The highest BCUT2D eigenvalue weighted by atomic mass is 17.1. The van der Waals surface area contributed by atoms with Crippen molar-refractivity contribution >= 4 is 0 Å². The van der Waals surface area contributed by atoms with Gasteiger partial charge < -0.3 is 59.0 Å². The van der Waals surface area contributed by atoms with Crippen LogP contribution in [0.2, 0.25) is 0 Å². The number of hydrogen-bond donors (Lipinski definition) is 5. The molecule has 0 amide bonds. The molecule has 0 spiro atoms. The number of rotatable bonds is 28. The quantitative estimate of drug-likeness (QED) is 0.0233. The Morgan fingerprint density at radius 1 is 0.423 bits per heavy atom. The first-order valence-corrected chi connectivity index (χ1v) is 38.0. The van der Waals surface area contributed by atoms with Gasteiger partial charge in [0.1, 0.15) is 32.9 Å². The number of phenols is 1. The summed E-state index contributed by atoms with van der Waals surface area (Å²) < 4.78 is 45.2. The molecule has 0 atom stereocenters. The lowest BCUT2D eigenvalue weighted by atomic mass is 9.78. The molecule has 16 nitrogen and oxygen atoms in total. The Bertz CT molecular complexity index is 2160. The van der Waals surface area contributed by atoms with Crippen LogP contribution >= 0.6 is 0 Å². The SMILES string of the molecule is CC1(C)CC(OCOCCCCCCCCCOO)CC(C)(C)N1.CC1(C)CCCC(C)(C)N1.CCCCCc1cc(C(C)(C)C)c(O)c(C(C)(C)C)c1.CN1C(C)(C)CC(OCOCOCOC2CC(C)(C)N(C)C(C)(C)C2)CC1(C)C.COCOC1CC(C)(C)NC(C)(C)C1. The summed E-state index contributed by atoms with van der Waals surface area (Å²) in [5.74, 6) is 0.490. The van der Waals surface area contributed by atoms with Crippen LogP contribution in [-0.4, -0.2) is 168 Å². The Morgan fingerprint density at radius 2 is 0.742 bits per heavy atom. The van der Waals surface area contributed by atoms with E-state index in [0.29, 0.717) is 43.1 Å². The highest BCUT2D eigenvalue weighted by molar-refractivity contribution is 5.50. The maximum Gasteiger partial charge on any atom is 0.152 e. The van der Waals surface area contributed by atoms with Gasteiger partial charge in [-0.1, -0.05) is 106 Å². The number of methoxy groups -OCH3 is 1. The molecular weight excluding hydrogens is 1220 g/mol. The number of nitrogens with zero attached hydrogens (tertiary/aromatic N) is 2. The molecule has 5 saturated heterocycles. The molecule has 1 aromatic carbocycles. The molecule has 0 saturated carbocycles. The molecule has 0 unspecified atom stereocenters. The number of phenolic OH excluding ortho intramolecular Hbond substituents is 1. The Hall–Kier alpha value is -1.58. The molecule has 5 fully saturated rings. The van der Waals surface area contributed by atoms with Gasteiger partial charge in [-0.3, -0.25) is 15.1 Å². The highest BCUT2D eigenvalue weighted by Gasteiger charge is 2.46. The second kappa shape index (κ2) is 40.1. The number of ether oxygens (including phenoxy) is 8. The predicted molar refractivity (Wildman–Crippen MR) is 405 cm³/mol. The van der Waals surface area contributed by atoms with Crippen molar-refractivity contribution in [3.8, 4) is 5.75 Å². The predicted octanol–water partition coefficient (Wildman–Crippen LogP) is 18.7. The van der Waals surface area contributed by atoms with E-state index in [-0.39, 0.29) is 93.8 Å². The van der Waals surface area contributed by atoms with Gasteiger partial charge in [-0.25, -0.2) is 4.89 Å². The molecule has 0 bridgehead atoms. The molecule has 16 heteroatoms. The Kier molecular flexibility index (Phi) is 37.8. The van der Waals surface area contributed by atoms with Gasteiger partial charge in [-0.2, -0.15) is 0 Å². The van der Waals surface area contributed by atoms with Crippen LogP contribution in [-0.2, 0) is 60.0 Å². The van der Waals surface area contributed by atoms with Crippen LogP contribution in [0.4, 0.5) is 0 Å². The first kappa shape index (κ1) is 91.5. The molecule has 5 aliphatic heterocycles. The lowest BCUT2D eigenvalue weighted by Gasteiger charge is -2.53. The van der Waals surface area contributed by atoms with Crippen molar-refractivity contribution in [1.29, 1.82) is 0 Å². The van der Waals surface area contributed by atoms with Crippen molar-refractivity contribution in [3.05, 3.63) is 28.8 Å². The molecule has 0 aliphatic carbocycles. The number of likely N-dealkylation sites (tertiary alicyclic amines) is 2. The molecule has 574 valence electrons. The largest absolute Gasteiger partial charge is 0.507 e. The third-order valence-corrected chi connectivity index (χ3v) is 20.8. The number of benzene rings is 1. The number of hydrogen-bond acceptors (Lipinski definition) is 16. The van der Waals surface area contributed by atoms with E-state index < -0.39 is 0 Å². The Balaban J connectivity index is 0.000000429. The highest BCUT2D eigenvalue weighted by Crippen LogP contribution is 2.42. The molecule has 0 aromatic heterocycles. The molecule has 97 heavy (non-hydrogen) atoms. The first-order valence-electron chi connectivity index (χ1n) is 38.0. The molecule has 1 aromatic rings. The van der Waals surface area contributed by atoms with Crippen molar-refractivity contribution < 1.29 is 53.1 Å². The lowest BCUT2D eigenvalue weighted by molar-refractivity contribution is -0.242. The van der Waals surface area contributed by atoms with E-state index in [4.69, 9.17) is 43.2 Å². The van der Waals surface area contributed by atoms with Gasteiger partial charge in [0.05, 0.1) is 31.0 Å². The smallest absolute Gasteiger partial charge is 0.152 e. The zero-order valence-electron chi connectivity index (χ0n) is 68.9. The normalized spacial score (nSPS) is 22.9. The molecular formula is C81H159N5O11. The topological polar surface area (TPSA) is 166 Å². The van der Waals surface area contributed by atoms with Crippen LogP contribution in [0.1, 0.15) is 338 Å². The lowest BCUT2D eigenvalue weighted by Crippen LogP contribution is -2.60. The zero-order valence-corrected chi connectivity index (χ0v) is 68.9. The summed E-state index contributed by atoms with van der Waals surface area (Å²) in [6.07, 6.45) is 26.1. The third-order valence-electron chi connectivity index (χ3n) is 20.8. The summed E-state index contributed by atoms with van der Waals surface area (Å²) in [5.41, 5.74) is 5.22. The maximum atomic E-state index is 10.7. The summed E-state index contributed by atoms with van der Waals surface area (Å²) in [6, 6.07) is 4.42. The van der Waals surface area contributed by atoms with Crippen molar-refractivity contribution in [1.82, 2.24) is 25.8 Å². The zero-order chi connectivity index (χ0) is 74.2. The van der Waals surface area contributed by atoms with Crippen molar-refractivity contribution in [2.75, 3.05) is 68.4 Å². The van der Waals surface area contributed by atoms with Gasteiger partial charge in [-0.15, -0.1) is 0 Å². The molecule has 5 aliphatic rings. The number of aryl methyl sites for hydroxylation is 1. The van der Waals surface area contributed by atoms with Crippen LogP contribution < -0.4 is 16.0 Å². The second-order valence-electron chi connectivity index (χ2n) is 38.2. The van der Waals surface area contributed by atoms with Crippen LogP contribution in [0.25, 0.3) is 0 Å². The fraction of sp³-hybridized carbons (Fsp3) is 0.926. The fourth-order valence-corrected chi connectivity index (χ4v) is 16.1. The van der Waals surface area contributed by atoms with Crippen molar-refractivity contribution in [3.63, 3.8) is 0 Å². The fourth-order valence-electron chi connectivity index (χ4n) is 16.1. The van der Waals surface area contributed by atoms with Crippen molar-refractivity contribution in [2.24, 2.45) is 0 Å². The van der Waals surface area contributed by atoms with Crippen LogP contribution in [0, 0.1) is 0 Å². The van der Waals surface area contributed by atoms with E-state index in [0.717, 1.165) is 94.8 Å². The number of unbranched alkanes of at least 4 members (excludes halogenated alkanes) is 8. The summed E-state index contributed by atoms with van der Waals surface area (Å²) in [5, 5.41) is 29.8. The maximum absolute atomic E-state index is 10.7. The summed E-state index contributed by atoms with van der Waals surface area (Å²) in [6.45, 7) is 63.2. The van der Waals surface area contributed by atoms with E-state index in [2.05, 4.69) is 244 Å². The van der Waals surface area contributed by atoms with E-state index in [1.54, 1.807) is 7.11 Å². The first-order chi connectivity index (χ1) is 44.3. The molecule has 5 N–H and O–H groups in total. The van der Waals surface area contributed by atoms with Gasteiger partial charge in [0.25, 0.3) is 0 Å². The molecule has 6 rings (SSSR count). The van der Waals surface area contributed by atoms with Crippen LogP contribution in [0.15, 0.2) is 12.1 Å². The van der Waals surface area contributed by atoms with Crippen molar-refractivity contribution in [2.45, 2.75) is 419 Å². The van der Waals surface area contributed by atoms with Gasteiger partial charge >= 0.3 is 0 Å². The average Bonchev–Trinajstić information content (AvgIpc) is 0.803. The van der Waals surface area contributed by atoms with E-state index in [1.807, 2.05) is 0 Å². The minimum atomic E-state index is -0.0230. The number of piperidine rings is 5. The van der Waals surface area contributed by atoms with Gasteiger partial charge in [-0.05, 0) is 276 Å². The van der Waals surface area contributed by atoms with Crippen LogP contribution in [0.5, 0.6) is 5.75 Å². The minimum Gasteiger partial charge on any atom is -0.507 e. The van der Waals surface area contributed by atoms with Gasteiger partial charge in [0, 0.05) is 69.1 Å². The minimum absolute atomic E-state index is 0.0230. The average molecular weight is 1380 g/mol. The van der Waals surface area contributed by atoms with E-state index in [9.17, 15) is 5.11 Å². The van der Waals surface area contributed by atoms with Gasteiger partial charge in [0.2, 0.25) is 0 Å². The second-order valence-corrected chi connectivity index (χ2v) is 38.2. The Morgan fingerprint density at radius 3 is 1.06 bits per heavy atom. The monoisotopic (exact) mass is 1380 g/mol. The summed E-state index contributed by atoms with van der Waals surface area (Å²) in [4.78, 5) is 8.96. The van der Waals surface area contributed by atoms with E-state index >= 15 is 0 Å². The molecule has 0 radical (unpaired) electrons. The number of nitrogens with one attached hydrogen (secondary N) is 3. The third kappa shape index (κ3) is 36.1. The van der Waals surface area contributed by atoms with E-state index in [1.165, 1.54) is 69.8 Å². The van der Waals surface area contributed by atoms with Crippen LogP contribution in [0.3, 0.4) is 0 Å². The number of aromatic hydroxyl groups is 1. The summed E-state index contributed by atoms with van der Waals surface area (Å²) >= 11 is 0. The Labute approximate surface area is 598 Å².